The van der Waals surface area contributed by atoms with E-state index in [1.54, 1.807) is 12.4 Å². The summed E-state index contributed by atoms with van der Waals surface area (Å²) in [6.07, 6.45) is 5.40. The summed E-state index contributed by atoms with van der Waals surface area (Å²) in [5, 5.41) is 3.63. The zero-order valence-corrected chi connectivity index (χ0v) is 14.4. The Morgan fingerprint density at radius 2 is 1.54 bits per heavy atom. The van der Waals surface area contributed by atoms with E-state index < -0.39 is 0 Å². The summed E-state index contributed by atoms with van der Waals surface area (Å²) in [4.78, 5) is 13.7. The molecule has 26 heavy (non-hydrogen) atoms. The van der Waals surface area contributed by atoms with E-state index in [0.717, 1.165) is 21.9 Å². The molecular formula is C21H12N4S. The summed E-state index contributed by atoms with van der Waals surface area (Å²) in [5.74, 6) is 0.670. The highest BCUT2D eigenvalue weighted by Gasteiger charge is 2.19. The van der Waals surface area contributed by atoms with Crippen molar-refractivity contribution in [1.82, 2.24) is 19.5 Å². The van der Waals surface area contributed by atoms with Crippen LogP contribution in [0.2, 0.25) is 0 Å². The van der Waals surface area contributed by atoms with Crippen LogP contribution in [0, 0.1) is 0 Å². The number of aromatic nitrogens is 4. The van der Waals surface area contributed by atoms with Gasteiger partial charge in [0.15, 0.2) is 0 Å². The van der Waals surface area contributed by atoms with Crippen LogP contribution in [-0.4, -0.2) is 19.5 Å². The Hall–Kier alpha value is -3.31. The van der Waals surface area contributed by atoms with Crippen molar-refractivity contribution < 1.29 is 0 Å². The third kappa shape index (κ3) is 1.75. The lowest BCUT2D eigenvalue weighted by Crippen LogP contribution is -1.99. The summed E-state index contributed by atoms with van der Waals surface area (Å²) in [5.41, 5.74) is 3.13. The van der Waals surface area contributed by atoms with Crippen LogP contribution in [0.1, 0.15) is 0 Å². The van der Waals surface area contributed by atoms with Gasteiger partial charge in [0.25, 0.3) is 0 Å². The SMILES string of the molecule is c1cnc(-n2c3cccnc3c3ccc4sc5ccccc5c4c32)nc1. The van der Waals surface area contributed by atoms with Gasteiger partial charge in [-0.3, -0.25) is 9.55 Å². The second kappa shape index (κ2) is 5.09. The Kier molecular flexibility index (Phi) is 2.73. The first kappa shape index (κ1) is 13.9. The Morgan fingerprint density at radius 1 is 0.692 bits per heavy atom. The maximum absolute atomic E-state index is 4.65. The second-order valence-corrected chi connectivity index (χ2v) is 7.27. The first-order valence-electron chi connectivity index (χ1n) is 8.38. The molecule has 0 N–H and O–H groups in total. The van der Waals surface area contributed by atoms with Gasteiger partial charge < -0.3 is 0 Å². The van der Waals surface area contributed by atoms with Gasteiger partial charge in [-0.15, -0.1) is 11.3 Å². The quantitative estimate of drug-likeness (QED) is 0.401. The van der Waals surface area contributed by atoms with E-state index >= 15 is 0 Å². The molecule has 0 unspecified atom stereocenters. The third-order valence-electron chi connectivity index (χ3n) is 4.77. The minimum absolute atomic E-state index is 0.670. The number of rotatable bonds is 1. The van der Waals surface area contributed by atoms with Gasteiger partial charge in [0.2, 0.25) is 5.95 Å². The Balaban J connectivity index is 1.96. The van der Waals surface area contributed by atoms with Crippen molar-refractivity contribution in [2.24, 2.45) is 0 Å². The van der Waals surface area contributed by atoms with Crippen molar-refractivity contribution in [3.63, 3.8) is 0 Å². The summed E-state index contributed by atoms with van der Waals surface area (Å²) >= 11 is 1.82. The Bertz CT molecular complexity index is 1430. The molecule has 0 bridgehead atoms. The van der Waals surface area contributed by atoms with Crippen molar-refractivity contribution in [3.05, 3.63) is 73.2 Å². The highest BCUT2D eigenvalue weighted by atomic mass is 32.1. The lowest BCUT2D eigenvalue weighted by Gasteiger charge is -2.06. The number of fused-ring (bicyclic) bond motifs is 7. The maximum Gasteiger partial charge on any atom is 0.234 e. The molecule has 5 heteroatoms. The molecule has 0 saturated heterocycles. The van der Waals surface area contributed by atoms with Crippen molar-refractivity contribution in [1.29, 1.82) is 0 Å². The van der Waals surface area contributed by atoms with Crippen LogP contribution in [0.15, 0.2) is 73.2 Å². The molecule has 0 fully saturated rings. The van der Waals surface area contributed by atoms with E-state index in [1.807, 2.05) is 29.7 Å². The van der Waals surface area contributed by atoms with Gasteiger partial charge in [-0.25, -0.2) is 9.97 Å². The van der Waals surface area contributed by atoms with E-state index in [1.165, 1.54) is 20.2 Å². The van der Waals surface area contributed by atoms with Gasteiger partial charge in [-0.1, -0.05) is 18.2 Å². The van der Waals surface area contributed by atoms with Gasteiger partial charge in [-0.05, 0) is 36.4 Å². The van der Waals surface area contributed by atoms with E-state index in [4.69, 9.17) is 0 Å². The largest absolute Gasteiger partial charge is 0.276 e. The van der Waals surface area contributed by atoms with E-state index in [-0.39, 0.29) is 0 Å². The maximum atomic E-state index is 4.65. The number of thiophene rings is 1. The van der Waals surface area contributed by atoms with Crippen LogP contribution in [0.4, 0.5) is 0 Å². The molecule has 0 aliphatic rings. The van der Waals surface area contributed by atoms with Crippen LogP contribution in [-0.2, 0) is 0 Å². The van der Waals surface area contributed by atoms with Crippen molar-refractivity contribution in [2.45, 2.75) is 0 Å². The van der Waals surface area contributed by atoms with E-state index in [2.05, 4.69) is 62.0 Å². The minimum atomic E-state index is 0.670. The average Bonchev–Trinajstić information content (AvgIpc) is 3.24. The minimum Gasteiger partial charge on any atom is -0.276 e. The fraction of sp³-hybridized carbons (Fsp3) is 0. The first-order valence-corrected chi connectivity index (χ1v) is 9.20. The van der Waals surface area contributed by atoms with Gasteiger partial charge >= 0.3 is 0 Å². The second-order valence-electron chi connectivity index (χ2n) is 6.19. The zero-order valence-electron chi connectivity index (χ0n) is 13.6. The highest BCUT2D eigenvalue weighted by molar-refractivity contribution is 7.26. The van der Waals surface area contributed by atoms with E-state index in [0.29, 0.717) is 5.95 Å². The Labute approximate surface area is 152 Å². The van der Waals surface area contributed by atoms with Gasteiger partial charge in [-0.2, -0.15) is 0 Å². The molecule has 122 valence electrons. The zero-order chi connectivity index (χ0) is 17.1. The summed E-state index contributed by atoms with van der Waals surface area (Å²) in [6, 6.07) is 18.8. The molecular weight excluding hydrogens is 340 g/mol. The molecule has 0 saturated carbocycles. The monoisotopic (exact) mass is 352 g/mol. The summed E-state index contributed by atoms with van der Waals surface area (Å²) < 4.78 is 4.69. The number of hydrogen-bond acceptors (Lipinski definition) is 4. The van der Waals surface area contributed by atoms with Gasteiger partial charge in [0, 0.05) is 44.1 Å². The topological polar surface area (TPSA) is 43.6 Å². The number of hydrogen-bond donors (Lipinski definition) is 0. The lowest BCUT2D eigenvalue weighted by atomic mass is 10.1. The molecule has 0 aliphatic heterocycles. The molecule has 0 atom stereocenters. The molecule has 2 aromatic carbocycles. The lowest BCUT2D eigenvalue weighted by molar-refractivity contribution is 0.990. The first-order chi connectivity index (χ1) is 12.9. The molecule has 6 aromatic rings. The predicted octanol–water partition coefficient (Wildman–Crippen LogP) is 5.34. The third-order valence-corrected chi connectivity index (χ3v) is 5.91. The van der Waals surface area contributed by atoms with Crippen molar-refractivity contribution in [2.75, 3.05) is 0 Å². The Morgan fingerprint density at radius 3 is 2.46 bits per heavy atom. The van der Waals surface area contributed by atoms with Crippen LogP contribution in [0.3, 0.4) is 0 Å². The van der Waals surface area contributed by atoms with Crippen LogP contribution in [0.5, 0.6) is 0 Å². The average molecular weight is 352 g/mol. The molecule has 0 radical (unpaired) electrons. The molecule has 0 amide bonds. The van der Waals surface area contributed by atoms with Crippen LogP contribution >= 0.6 is 11.3 Å². The smallest absolute Gasteiger partial charge is 0.234 e. The fourth-order valence-corrected chi connectivity index (χ4v) is 4.85. The number of pyridine rings is 1. The van der Waals surface area contributed by atoms with E-state index in [9.17, 15) is 0 Å². The van der Waals surface area contributed by atoms with Crippen LogP contribution < -0.4 is 0 Å². The van der Waals surface area contributed by atoms with Gasteiger partial charge in [0.05, 0.1) is 16.6 Å². The summed E-state index contributed by atoms with van der Waals surface area (Å²) in [7, 11) is 0. The highest BCUT2D eigenvalue weighted by Crippen LogP contribution is 2.41. The molecule has 6 rings (SSSR count). The molecule has 4 nitrogen and oxygen atoms in total. The predicted molar refractivity (Wildman–Crippen MR) is 107 cm³/mol. The summed E-state index contributed by atoms with van der Waals surface area (Å²) in [6.45, 7) is 0. The standard InChI is InChI=1S/C21H12N4S/c1-2-7-16-13(5-1)18-17(26-16)9-8-14-19-15(6-3-10-22-19)25(20(14)18)21-23-11-4-12-24-21/h1-12H. The molecule has 4 heterocycles. The van der Waals surface area contributed by atoms with Crippen LogP contribution in [0.25, 0.3) is 48.1 Å². The normalized spacial score (nSPS) is 11.8. The molecule has 0 spiro atoms. The molecule has 0 aliphatic carbocycles. The molecule has 4 aromatic heterocycles. The number of benzene rings is 2. The fourth-order valence-electron chi connectivity index (χ4n) is 3.74. The van der Waals surface area contributed by atoms with Gasteiger partial charge in [0.1, 0.15) is 0 Å². The number of nitrogens with zero attached hydrogens (tertiary/aromatic N) is 4. The van der Waals surface area contributed by atoms with Crippen molar-refractivity contribution >= 4 is 53.4 Å². The van der Waals surface area contributed by atoms with Crippen molar-refractivity contribution in [3.8, 4) is 5.95 Å².